The van der Waals surface area contributed by atoms with Gasteiger partial charge in [0.15, 0.2) is 17.8 Å². The van der Waals surface area contributed by atoms with Gasteiger partial charge in [-0.1, -0.05) is 23.2 Å². The number of amides is 2. The van der Waals surface area contributed by atoms with Crippen LogP contribution in [0, 0.1) is 0 Å². The molecule has 0 unspecified atom stereocenters. The van der Waals surface area contributed by atoms with Crippen molar-refractivity contribution in [2.24, 2.45) is 0 Å². The maximum absolute atomic E-state index is 12.3. The summed E-state index contributed by atoms with van der Waals surface area (Å²) in [4.78, 5) is 28.2. The summed E-state index contributed by atoms with van der Waals surface area (Å²) in [5.74, 6) is 1.05. The predicted octanol–water partition coefficient (Wildman–Crippen LogP) is 4.94. The lowest BCUT2D eigenvalue weighted by Crippen LogP contribution is -2.34. The number of hydrogen-bond acceptors (Lipinski definition) is 5. The van der Waals surface area contributed by atoms with Gasteiger partial charge >= 0.3 is 0 Å². The Labute approximate surface area is 182 Å². The number of aromatic nitrogens is 1. The Bertz CT molecular complexity index is 1130. The lowest BCUT2D eigenvalue weighted by Gasteiger charge is -2.23. The molecule has 2 aromatic carbocycles. The molecule has 0 saturated carbocycles. The molecule has 1 aromatic heterocycles. The third-order valence-corrected chi connectivity index (χ3v) is 5.06. The first-order valence-electron chi connectivity index (χ1n) is 9.20. The van der Waals surface area contributed by atoms with E-state index in [4.69, 9.17) is 32.4 Å². The second kappa shape index (κ2) is 8.38. The molecule has 1 atom stereocenters. The number of anilines is 2. The summed E-state index contributed by atoms with van der Waals surface area (Å²) in [5, 5.41) is 6.53. The van der Waals surface area contributed by atoms with Gasteiger partial charge < -0.3 is 19.8 Å². The molecular weight excluding hydrogens is 429 g/mol. The highest BCUT2D eigenvalue weighted by Crippen LogP contribution is 2.33. The number of nitrogens with zero attached hydrogens (tertiary/aromatic N) is 1. The van der Waals surface area contributed by atoms with Crippen molar-refractivity contribution in [3.05, 3.63) is 58.5 Å². The number of carbonyl (C=O) groups excluding carboxylic acids is 2. The lowest BCUT2D eigenvalue weighted by atomic mass is 10.2. The highest BCUT2D eigenvalue weighted by atomic mass is 35.5. The number of rotatable bonds is 5. The predicted molar refractivity (Wildman–Crippen MR) is 114 cm³/mol. The van der Waals surface area contributed by atoms with Crippen molar-refractivity contribution >= 4 is 46.4 Å². The summed E-state index contributed by atoms with van der Waals surface area (Å²) in [6.07, 6.45) is 1.51. The number of carbonyl (C=O) groups is 2. The van der Waals surface area contributed by atoms with Crippen LogP contribution in [0.25, 0.3) is 11.3 Å². The fourth-order valence-electron chi connectivity index (χ4n) is 2.97. The van der Waals surface area contributed by atoms with Crippen LogP contribution in [0.1, 0.15) is 19.2 Å². The zero-order valence-electron chi connectivity index (χ0n) is 15.9. The van der Waals surface area contributed by atoms with Gasteiger partial charge in [0.1, 0.15) is 5.75 Å². The zero-order valence-corrected chi connectivity index (χ0v) is 17.4. The van der Waals surface area contributed by atoms with Crippen LogP contribution in [0.15, 0.2) is 47.0 Å². The Kier molecular flexibility index (Phi) is 5.65. The van der Waals surface area contributed by atoms with Crippen molar-refractivity contribution in [3.8, 4) is 17.1 Å². The van der Waals surface area contributed by atoms with Gasteiger partial charge in [0.2, 0.25) is 5.91 Å². The molecular formula is C21H17Cl2N3O4. The van der Waals surface area contributed by atoms with Crippen LogP contribution in [-0.2, 0) is 16.0 Å². The Balaban J connectivity index is 1.36. The number of nitrogens with one attached hydrogen (secondary N) is 2. The van der Waals surface area contributed by atoms with Gasteiger partial charge in [-0.2, -0.15) is 0 Å². The first-order valence-corrected chi connectivity index (χ1v) is 9.96. The molecule has 0 saturated heterocycles. The third-order valence-electron chi connectivity index (χ3n) is 4.51. The van der Waals surface area contributed by atoms with Crippen LogP contribution in [0.2, 0.25) is 10.0 Å². The van der Waals surface area contributed by atoms with Crippen LogP contribution in [0.4, 0.5) is 11.4 Å². The van der Waals surface area contributed by atoms with Gasteiger partial charge in [0.05, 0.1) is 16.9 Å². The standard InChI is InChI=1S/C21H17Cl2N3O4/c1-11-21(28)26-16-9-13(3-5-17(16)29-11)25-19(27)6-7-20-24-10-18(30-20)14-4-2-12(22)8-15(14)23/h2-5,8-11H,6-7H2,1H3,(H,25,27)(H,26,28)/t11-/m0/s1. The van der Waals surface area contributed by atoms with Gasteiger partial charge in [-0.15, -0.1) is 0 Å². The summed E-state index contributed by atoms with van der Waals surface area (Å²) in [7, 11) is 0. The van der Waals surface area contributed by atoms with Crippen LogP contribution in [0.5, 0.6) is 5.75 Å². The van der Waals surface area contributed by atoms with E-state index in [-0.39, 0.29) is 18.2 Å². The maximum Gasteiger partial charge on any atom is 0.265 e. The zero-order chi connectivity index (χ0) is 21.3. The first-order chi connectivity index (χ1) is 14.4. The Morgan fingerprint density at radius 1 is 1.23 bits per heavy atom. The van der Waals surface area contributed by atoms with E-state index in [1.165, 1.54) is 0 Å². The summed E-state index contributed by atoms with van der Waals surface area (Å²) in [6, 6.07) is 10.2. The van der Waals surface area contributed by atoms with Gasteiger partial charge in [0, 0.05) is 29.1 Å². The van der Waals surface area contributed by atoms with E-state index in [2.05, 4.69) is 15.6 Å². The molecule has 1 aliphatic rings. The van der Waals surface area contributed by atoms with Gasteiger partial charge in [0.25, 0.3) is 5.91 Å². The molecule has 0 spiro atoms. The van der Waals surface area contributed by atoms with Crippen LogP contribution in [0.3, 0.4) is 0 Å². The number of aryl methyl sites for hydroxylation is 1. The molecule has 3 aromatic rings. The van der Waals surface area contributed by atoms with Crippen molar-refractivity contribution in [1.29, 1.82) is 0 Å². The molecule has 2 amide bonds. The average Bonchev–Trinajstić information content (AvgIpc) is 3.16. The molecule has 154 valence electrons. The van der Waals surface area contributed by atoms with Crippen molar-refractivity contribution in [3.63, 3.8) is 0 Å². The lowest BCUT2D eigenvalue weighted by molar-refractivity contribution is -0.122. The number of ether oxygens (including phenoxy) is 1. The summed E-state index contributed by atoms with van der Waals surface area (Å²) in [6.45, 7) is 1.67. The average molecular weight is 446 g/mol. The molecule has 1 aliphatic heterocycles. The fraction of sp³-hybridized carbons (Fsp3) is 0.190. The highest BCUT2D eigenvalue weighted by Gasteiger charge is 2.23. The molecule has 0 radical (unpaired) electrons. The topological polar surface area (TPSA) is 93.5 Å². The normalized spacial score (nSPS) is 15.2. The van der Waals surface area contributed by atoms with Gasteiger partial charge in [-0.05, 0) is 43.3 Å². The monoisotopic (exact) mass is 445 g/mol. The second-order valence-electron chi connectivity index (χ2n) is 6.75. The molecule has 4 rings (SSSR count). The second-order valence-corrected chi connectivity index (χ2v) is 7.59. The Morgan fingerprint density at radius 2 is 2.07 bits per heavy atom. The summed E-state index contributed by atoms with van der Waals surface area (Å²) >= 11 is 12.1. The van der Waals surface area contributed by atoms with Crippen LogP contribution >= 0.6 is 23.2 Å². The van der Waals surface area contributed by atoms with E-state index in [1.54, 1.807) is 49.5 Å². The molecule has 9 heteroatoms. The minimum absolute atomic E-state index is 0.172. The first kappa shape index (κ1) is 20.3. The maximum atomic E-state index is 12.3. The number of halogens is 2. The van der Waals surface area contributed by atoms with E-state index in [1.807, 2.05) is 0 Å². The molecule has 2 N–H and O–H groups in total. The van der Waals surface area contributed by atoms with Gasteiger partial charge in [-0.3, -0.25) is 9.59 Å². The SMILES string of the molecule is C[C@@H]1Oc2ccc(NC(=O)CCc3ncc(-c4ccc(Cl)cc4Cl)o3)cc2NC1=O. The van der Waals surface area contributed by atoms with Crippen LogP contribution < -0.4 is 15.4 Å². The molecule has 0 fully saturated rings. The third kappa shape index (κ3) is 4.42. The van der Waals surface area contributed by atoms with Crippen molar-refractivity contribution < 1.29 is 18.7 Å². The molecule has 2 heterocycles. The van der Waals surface area contributed by atoms with Crippen molar-refractivity contribution in [2.45, 2.75) is 25.9 Å². The van der Waals surface area contributed by atoms with E-state index in [9.17, 15) is 9.59 Å². The quantitative estimate of drug-likeness (QED) is 0.579. The summed E-state index contributed by atoms with van der Waals surface area (Å²) < 4.78 is 11.2. The van der Waals surface area contributed by atoms with Crippen LogP contribution in [-0.4, -0.2) is 22.9 Å². The molecule has 0 bridgehead atoms. The van der Waals surface area contributed by atoms with Crippen molar-refractivity contribution in [2.75, 3.05) is 10.6 Å². The number of hydrogen-bond donors (Lipinski definition) is 2. The van der Waals surface area contributed by atoms with E-state index in [0.717, 1.165) is 0 Å². The minimum atomic E-state index is -0.550. The van der Waals surface area contributed by atoms with E-state index in [0.29, 0.717) is 50.8 Å². The summed E-state index contributed by atoms with van der Waals surface area (Å²) in [5.41, 5.74) is 1.75. The highest BCUT2D eigenvalue weighted by molar-refractivity contribution is 6.36. The Hall–Kier alpha value is -3.03. The smallest absolute Gasteiger partial charge is 0.265 e. The van der Waals surface area contributed by atoms with Crippen molar-refractivity contribution in [1.82, 2.24) is 4.98 Å². The fourth-order valence-corrected chi connectivity index (χ4v) is 3.47. The number of oxazole rings is 1. The molecule has 30 heavy (non-hydrogen) atoms. The minimum Gasteiger partial charge on any atom is -0.479 e. The molecule has 0 aliphatic carbocycles. The molecule has 7 nitrogen and oxygen atoms in total. The Morgan fingerprint density at radius 3 is 2.87 bits per heavy atom. The van der Waals surface area contributed by atoms with E-state index >= 15 is 0 Å². The largest absolute Gasteiger partial charge is 0.479 e. The number of benzene rings is 2. The van der Waals surface area contributed by atoms with Gasteiger partial charge in [-0.25, -0.2) is 4.98 Å². The van der Waals surface area contributed by atoms with E-state index < -0.39 is 6.10 Å². The number of fused-ring (bicyclic) bond motifs is 1.